The number of ether oxygens (including phenoxy) is 1. The number of anilines is 1. The molecule has 3 amide bonds. The summed E-state index contributed by atoms with van der Waals surface area (Å²) in [7, 11) is 0. The van der Waals surface area contributed by atoms with Gasteiger partial charge in [0.1, 0.15) is 18.4 Å². The molecule has 0 bridgehead atoms. The third kappa shape index (κ3) is 7.53. The number of nitrogens with one attached hydrogen (secondary N) is 2. The average Bonchev–Trinajstić information content (AvgIpc) is 2.89. The van der Waals surface area contributed by atoms with Crippen molar-refractivity contribution in [2.75, 3.05) is 31.3 Å². The van der Waals surface area contributed by atoms with E-state index in [1.54, 1.807) is 61.5 Å². The van der Waals surface area contributed by atoms with Gasteiger partial charge in [-0.25, -0.2) is 10.0 Å². The summed E-state index contributed by atoms with van der Waals surface area (Å²) >= 11 is 0. The van der Waals surface area contributed by atoms with Crippen molar-refractivity contribution >= 4 is 23.4 Å². The van der Waals surface area contributed by atoms with Crippen LogP contribution >= 0.6 is 0 Å². The number of aliphatic hydroxyl groups is 1. The van der Waals surface area contributed by atoms with Crippen molar-refractivity contribution in [3.05, 3.63) is 60.2 Å². The summed E-state index contributed by atoms with van der Waals surface area (Å²) < 4.78 is 5.83. The van der Waals surface area contributed by atoms with Gasteiger partial charge in [0.25, 0.3) is 0 Å². The molecule has 10 heteroatoms. The van der Waals surface area contributed by atoms with Crippen molar-refractivity contribution in [1.29, 1.82) is 5.26 Å². The number of para-hydroxylation sites is 2. The molecule has 2 rings (SSSR count). The molecule has 0 saturated heterocycles. The maximum absolute atomic E-state index is 13.6. The number of hydrogen-bond acceptors (Lipinski definition) is 7. The maximum atomic E-state index is 13.6. The molecular weight excluding hydrogens is 462 g/mol. The number of carbonyl (C=O) groups is 3. The second-order valence-electron chi connectivity index (χ2n) is 7.98. The number of hydrogen-bond donors (Lipinski definition) is 3. The van der Waals surface area contributed by atoms with Crippen LogP contribution in [-0.4, -0.2) is 59.8 Å². The van der Waals surface area contributed by atoms with Gasteiger partial charge in [-0.1, -0.05) is 44.2 Å². The molecular formula is C26H33N5O5. The minimum Gasteiger partial charge on any atom is -0.487 e. The van der Waals surface area contributed by atoms with Crippen molar-refractivity contribution in [2.45, 2.75) is 39.3 Å². The highest BCUT2D eigenvalue weighted by Gasteiger charge is 2.44. The van der Waals surface area contributed by atoms with Crippen LogP contribution in [0, 0.1) is 11.3 Å². The minimum atomic E-state index is -2.04. The Morgan fingerprint density at radius 1 is 1.08 bits per heavy atom. The first-order valence-corrected chi connectivity index (χ1v) is 11.8. The number of carbonyl (C=O) groups excluding carboxylic acids is 3. The average molecular weight is 496 g/mol. The first-order valence-electron chi connectivity index (χ1n) is 11.8. The summed E-state index contributed by atoms with van der Waals surface area (Å²) in [4.78, 5) is 38.1. The first-order chi connectivity index (χ1) is 17.3. The third-order valence-corrected chi connectivity index (χ3v) is 5.24. The summed E-state index contributed by atoms with van der Waals surface area (Å²) in [6.07, 6.45) is 0.0869. The first kappa shape index (κ1) is 28.3. The lowest BCUT2D eigenvalue weighted by atomic mass is 10.1. The normalized spacial score (nSPS) is 12.1. The Morgan fingerprint density at radius 2 is 1.75 bits per heavy atom. The van der Waals surface area contributed by atoms with E-state index in [0.29, 0.717) is 12.2 Å². The molecule has 0 aliphatic rings. The molecule has 2 aromatic carbocycles. The van der Waals surface area contributed by atoms with Gasteiger partial charge in [-0.2, -0.15) is 5.26 Å². The van der Waals surface area contributed by atoms with Crippen molar-refractivity contribution in [3.8, 4) is 11.8 Å². The molecule has 0 heterocycles. The monoisotopic (exact) mass is 495 g/mol. The highest BCUT2D eigenvalue weighted by atomic mass is 16.5. The Labute approximate surface area is 211 Å². The molecule has 10 nitrogen and oxygen atoms in total. The molecule has 0 spiro atoms. The highest BCUT2D eigenvalue weighted by molar-refractivity contribution is 5.95. The predicted molar refractivity (Wildman–Crippen MR) is 135 cm³/mol. The summed E-state index contributed by atoms with van der Waals surface area (Å²) in [6, 6.07) is 17.0. The zero-order chi connectivity index (χ0) is 26.6. The van der Waals surface area contributed by atoms with E-state index in [-0.39, 0.29) is 43.2 Å². The molecule has 2 aromatic rings. The van der Waals surface area contributed by atoms with Gasteiger partial charge in [0.05, 0.1) is 11.3 Å². The number of amides is 3. The number of likely N-dealkylation sites (N-methyl/N-ethyl adjacent to an activating group) is 1. The lowest BCUT2D eigenvalue weighted by Gasteiger charge is -2.45. The number of benzene rings is 2. The van der Waals surface area contributed by atoms with Crippen LogP contribution in [0.5, 0.6) is 5.75 Å². The molecule has 192 valence electrons. The molecule has 0 aromatic heterocycles. The minimum absolute atomic E-state index is 0.0257. The van der Waals surface area contributed by atoms with Crippen LogP contribution < -0.4 is 20.4 Å². The van der Waals surface area contributed by atoms with Crippen molar-refractivity contribution in [1.82, 2.24) is 15.6 Å². The third-order valence-electron chi connectivity index (χ3n) is 5.24. The Hall–Kier alpha value is -3.94. The Balaban J connectivity index is 2.50. The van der Waals surface area contributed by atoms with Gasteiger partial charge < -0.3 is 20.5 Å². The fourth-order valence-corrected chi connectivity index (χ4v) is 3.47. The standard InChI is InChI=1S/C26H33N5O5/c1-4-24(33)29-16-15-25(34)31(30(20(3)32)22-12-7-6-8-13-22)26(35,18-28-5-2)19-36-23-14-10-9-11-21(23)17-27/h6-14,28,35H,4-5,15-16,18-19H2,1-3H3,(H,29,33). The molecule has 0 aliphatic heterocycles. The van der Waals surface area contributed by atoms with Gasteiger partial charge in [0.15, 0.2) is 0 Å². The van der Waals surface area contributed by atoms with E-state index in [2.05, 4.69) is 10.6 Å². The smallest absolute Gasteiger partial charge is 0.246 e. The van der Waals surface area contributed by atoms with E-state index in [4.69, 9.17) is 4.74 Å². The van der Waals surface area contributed by atoms with Crippen molar-refractivity contribution < 1.29 is 24.2 Å². The Kier molecular flexibility index (Phi) is 10.9. The highest BCUT2D eigenvalue weighted by Crippen LogP contribution is 2.26. The quantitative estimate of drug-likeness (QED) is 0.303. The van der Waals surface area contributed by atoms with Gasteiger partial charge in [0.2, 0.25) is 23.4 Å². The zero-order valence-electron chi connectivity index (χ0n) is 20.9. The van der Waals surface area contributed by atoms with Crippen molar-refractivity contribution in [2.24, 2.45) is 0 Å². The fraction of sp³-hybridized carbons (Fsp3) is 0.385. The molecule has 0 aliphatic carbocycles. The molecule has 0 saturated carbocycles. The van der Waals surface area contributed by atoms with Gasteiger partial charge in [-0.15, -0.1) is 0 Å². The van der Waals surface area contributed by atoms with Crippen LogP contribution in [0.1, 0.15) is 39.2 Å². The van der Waals surface area contributed by atoms with Gasteiger partial charge in [-0.3, -0.25) is 14.4 Å². The van der Waals surface area contributed by atoms with E-state index < -0.39 is 24.1 Å². The van der Waals surface area contributed by atoms with E-state index in [9.17, 15) is 24.8 Å². The summed E-state index contributed by atoms with van der Waals surface area (Å²) in [5.74, 6) is -1.12. The lowest BCUT2D eigenvalue weighted by Crippen LogP contribution is -2.67. The zero-order valence-corrected chi connectivity index (χ0v) is 20.9. The topological polar surface area (TPSA) is 135 Å². The van der Waals surface area contributed by atoms with E-state index >= 15 is 0 Å². The maximum Gasteiger partial charge on any atom is 0.246 e. The second-order valence-corrected chi connectivity index (χ2v) is 7.98. The molecule has 1 unspecified atom stereocenters. The van der Waals surface area contributed by atoms with Gasteiger partial charge in [-0.05, 0) is 30.8 Å². The van der Waals surface area contributed by atoms with Crippen LogP contribution in [0.3, 0.4) is 0 Å². The molecule has 3 N–H and O–H groups in total. The summed E-state index contributed by atoms with van der Waals surface area (Å²) in [5, 5.41) is 29.0. The second kappa shape index (κ2) is 13.8. The van der Waals surface area contributed by atoms with Gasteiger partial charge >= 0.3 is 0 Å². The fourth-order valence-electron chi connectivity index (χ4n) is 3.47. The number of rotatable bonds is 12. The number of hydrazine groups is 1. The summed E-state index contributed by atoms with van der Waals surface area (Å²) in [6.45, 7) is 4.73. The Morgan fingerprint density at radius 3 is 2.36 bits per heavy atom. The SMILES string of the molecule is CCNCC(O)(COc1ccccc1C#N)N(C(=O)CCNC(=O)CC)N(C(C)=O)c1ccccc1. The Bertz CT molecular complexity index is 1070. The van der Waals surface area contributed by atoms with Gasteiger partial charge in [0, 0.05) is 32.9 Å². The van der Waals surface area contributed by atoms with E-state index in [1.807, 2.05) is 13.0 Å². The number of nitriles is 1. The van der Waals surface area contributed by atoms with E-state index in [0.717, 1.165) is 10.0 Å². The van der Waals surface area contributed by atoms with Crippen LogP contribution in [0.15, 0.2) is 54.6 Å². The lowest BCUT2D eigenvalue weighted by molar-refractivity contribution is -0.172. The van der Waals surface area contributed by atoms with Crippen LogP contribution in [-0.2, 0) is 14.4 Å². The molecule has 0 fully saturated rings. The van der Waals surface area contributed by atoms with Crippen LogP contribution in [0.4, 0.5) is 5.69 Å². The largest absolute Gasteiger partial charge is 0.487 e. The molecule has 1 atom stereocenters. The number of nitrogens with zero attached hydrogens (tertiary/aromatic N) is 3. The van der Waals surface area contributed by atoms with Crippen LogP contribution in [0.2, 0.25) is 0 Å². The molecule has 36 heavy (non-hydrogen) atoms. The van der Waals surface area contributed by atoms with Crippen molar-refractivity contribution in [3.63, 3.8) is 0 Å². The van der Waals surface area contributed by atoms with E-state index in [1.165, 1.54) is 6.92 Å². The summed E-state index contributed by atoms with van der Waals surface area (Å²) in [5.41, 5.74) is -1.41. The predicted octanol–water partition coefficient (Wildman–Crippen LogP) is 1.95. The van der Waals surface area contributed by atoms with Crippen LogP contribution in [0.25, 0.3) is 0 Å². The molecule has 0 radical (unpaired) electrons.